The minimum Gasteiger partial charge on any atom is -0.356 e. The highest BCUT2D eigenvalue weighted by Gasteiger charge is 2.27. The third kappa shape index (κ3) is 3.30. The number of pyridine rings is 1. The lowest BCUT2D eigenvalue weighted by molar-refractivity contribution is 0.115. The largest absolute Gasteiger partial charge is 0.356 e. The number of rotatable bonds is 4. The zero-order valence-electron chi connectivity index (χ0n) is 16.4. The molecule has 0 radical (unpaired) electrons. The summed E-state index contributed by atoms with van der Waals surface area (Å²) in [6.45, 7) is 14.4. The number of benzene rings is 1. The lowest BCUT2D eigenvalue weighted by atomic mass is 9.89. The summed E-state index contributed by atoms with van der Waals surface area (Å²) in [7, 11) is 0. The molecule has 0 spiro atoms. The van der Waals surface area contributed by atoms with Gasteiger partial charge in [-0.25, -0.2) is 4.98 Å². The van der Waals surface area contributed by atoms with Crippen LogP contribution in [0.2, 0.25) is 0 Å². The molecule has 0 saturated heterocycles. The molecule has 134 valence electrons. The van der Waals surface area contributed by atoms with Gasteiger partial charge in [0.15, 0.2) is 0 Å². The number of ether oxygens (including phenoxy) is 1. The molecule has 3 nitrogen and oxygen atoms in total. The number of nitrogens with zero attached hydrogens (tertiary/aromatic N) is 2. The Hall–Kier alpha value is -1.87. The van der Waals surface area contributed by atoms with Gasteiger partial charge in [-0.3, -0.25) is 0 Å². The summed E-state index contributed by atoms with van der Waals surface area (Å²) in [6, 6.07) is 6.75. The van der Waals surface area contributed by atoms with E-state index in [1.54, 1.807) is 0 Å². The van der Waals surface area contributed by atoms with Crippen molar-refractivity contribution in [1.29, 1.82) is 0 Å². The molecule has 3 heteroatoms. The van der Waals surface area contributed by atoms with Gasteiger partial charge in [-0.1, -0.05) is 31.5 Å². The molecular formula is C22H30N2O. The van der Waals surface area contributed by atoms with Gasteiger partial charge in [0, 0.05) is 11.3 Å². The summed E-state index contributed by atoms with van der Waals surface area (Å²) in [6.07, 6.45) is 2.30. The molecule has 2 heterocycles. The van der Waals surface area contributed by atoms with Crippen molar-refractivity contribution in [2.24, 2.45) is 0 Å². The van der Waals surface area contributed by atoms with Gasteiger partial charge in [-0.05, 0) is 69.2 Å². The normalized spacial score (nSPS) is 14.1. The van der Waals surface area contributed by atoms with Gasteiger partial charge < -0.3 is 9.64 Å². The van der Waals surface area contributed by atoms with Crippen LogP contribution in [0.25, 0.3) is 0 Å². The molecule has 0 bridgehead atoms. The standard InChI is InChI=1S/C22H30N2O/c1-7-18(8-2)19-11-17(6)23-22-20(19)12-25-13-24(22)21-15(4)9-14(3)10-16(21)5/h9-11,18H,7-8,12-13H2,1-6H3. The second-order valence-electron chi connectivity index (χ2n) is 7.32. The molecule has 1 aromatic heterocycles. The summed E-state index contributed by atoms with van der Waals surface area (Å²) in [5.74, 6) is 1.66. The highest BCUT2D eigenvalue weighted by Crippen LogP contribution is 2.40. The van der Waals surface area contributed by atoms with E-state index in [1.807, 2.05) is 0 Å². The number of aromatic nitrogens is 1. The van der Waals surface area contributed by atoms with E-state index in [9.17, 15) is 0 Å². The SMILES string of the molecule is CCC(CC)c1cc(C)nc2c1COCN2c1c(C)cc(C)cc1C. The van der Waals surface area contributed by atoms with E-state index in [-0.39, 0.29) is 0 Å². The zero-order valence-corrected chi connectivity index (χ0v) is 16.4. The van der Waals surface area contributed by atoms with Crippen LogP contribution in [-0.2, 0) is 11.3 Å². The Morgan fingerprint density at radius 2 is 1.68 bits per heavy atom. The van der Waals surface area contributed by atoms with Crippen LogP contribution in [0, 0.1) is 27.7 Å². The summed E-state index contributed by atoms with van der Waals surface area (Å²) in [4.78, 5) is 7.20. The first-order chi connectivity index (χ1) is 12.0. The third-order valence-electron chi connectivity index (χ3n) is 5.32. The summed E-state index contributed by atoms with van der Waals surface area (Å²) < 4.78 is 6.01. The first-order valence-corrected chi connectivity index (χ1v) is 9.39. The Morgan fingerprint density at radius 1 is 1.04 bits per heavy atom. The fourth-order valence-corrected chi connectivity index (χ4v) is 4.24. The Bertz CT molecular complexity index is 755. The molecule has 1 aliphatic rings. The van der Waals surface area contributed by atoms with Crippen molar-refractivity contribution in [1.82, 2.24) is 4.98 Å². The Morgan fingerprint density at radius 3 is 2.28 bits per heavy atom. The average Bonchev–Trinajstić information content (AvgIpc) is 2.55. The molecular weight excluding hydrogens is 308 g/mol. The van der Waals surface area contributed by atoms with Crippen LogP contribution in [0.3, 0.4) is 0 Å². The van der Waals surface area contributed by atoms with Gasteiger partial charge in [0.1, 0.15) is 12.5 Å². The van der Waals surface area contributed by atoms with Crippen LogP contribution in [0.15, 0.2) is 18.2 Å². The predicted octanol–water partition coefficient (Wildman–Crippen LogP) is 5.84. The fourth-order valence-electron chi connectivity index (χ4n) is 4.24. The van der Waals surface area contributed by atoms with Gasteiger partial charge in [0.2, 0.25) is 0 Å². The number of fused-ring (bicyclic) bond motifs is 1. The summed E-state index contributed by atoms with van der Waals surface area (Å²) in [5.41, 5.74) is 8.87. The van der Waals surface area contributed by atoms with E-state index in [0.717, 1.165) is 24.4 Å². The van der Waals surface area contributed by atoms with E-state index in [2.05, 4.69) is 64.6 Å². The molecule has 2 aromatic rings. The van der Waals surface area contributed by atoms with Crippen LogP contribution in [0.4, 0.5) is 11.5 Å². The molecule has 0 aliphatic carbocycles. The molecule has 1 aliphatic heterocycles. The highest BCUT2D eigenvalue weighted by molar-refractivity contribution is 5.71. The van der Waals surface area contributed by atoms with Crippen LogP contribution in [0.5, 0.6) is 0 Å². The maximum absolute atomic E-state index is 6.01. The van der Waals surface area contributed by atoms with Gasteiger partial charge in [0.05, 0.1) is 12.3 Å². The fraction of sp³-hybridized carbons (Fsp3) is 0.500. The van der Waals surface area contributed by atoms with E-state index in [4.69, 9.17) is 9.72 Å². The van der Waals surface area contributed by atoms with Crippen LogP contribution in [-0.4, -0.2) is 11.7 Å². The first-order valence-electron chi connectivity index (χ1n) is 9.39. The monoisotopic (exact) mass is 338 g/mol. The molecule has 1 aromatic carbocycles. The molecule has 0 saturated carbocycles. The quantitative estimate of drug-likeness (QED) is 0.700. The van der Waals surface area contributed by atoms with E-state index in [1.165, 1.54) is 33.5 Å². The minimum absolute atomic E-state index is 0.566. The average molecular weight is 338 g/mol. The molecule has 0 N–H and O–H groups in total. The summed E-state index contributed by atoms with van der Waals surface area (Å²) in [5, 5.41) is 0. The van der Waals surface area contributed by atoms with E-state index < -0.39 is 0 Å². The second kappa shape index (κ2) is 7.17. The van der Waals surface area contributed by atoms with E-state index >= 15 is 0 Å². The molecule has 25 heavy (non-hydrogen) atoms. The van der Waals surface area contributed by atoms with E-state index in [0.29, 0.717) is 19.3 Å². The van der Waals surface area contributed by atoms with Crippen LogP contribution in [0.1, 0.15) is 66.1 Å². The molecule has 0 fully saturated rings. The van der Waals surface area contributed by atoms with Crippen molar-refractivity contribution in [3.63, 3.8) is 0 Å². The Balaban J connectivity index is 2.18. The number of hydrogen-bond acceptors (Lipinski definition) is 3. The number of aryl methyl sites for hydroxylation is 4. The van der Waals surface area contributed by atoms with Crippen molar-refractivity contribution in [2.75, 3.05) is 11.6 Å². The minimum atomic E-state index is 0.566. The topological polar surface area (TPSA) is 25.4 Å². The van der Waals surface area contributed by atoms with Gasteiger partial charge in [-0.15, -0.1) is 0 Å². The predicted molar refractivity (Wildman–Crippen MR) is 105 cm³/mol. The molecule has 3 rings (SSSR count). The molecule has 0 unspecified atom stereocenters. The van der Waals surface area contributed by atoms with Crippen LogP contribution < -0.4 is 4.90 Å². The maximum atomic E-state index is 6.01. The Kier molecular flexibility index (Phi) is 5.14. The second-order valence-corrected chi connectivity index (χ2v) is 7.32. The number of anilines is 2. The smallest absolute Gasteiger partial charge is 0.141 e. The summed E-state index contributed by atoms with van der Waals surface area (Å²) >= 11 is 0. The number of hydrogen-bond donors (Lipinski definition) is 0. The first kappa shape index (κ1) is 17.9. The Labute approximate surface area is 152 Å². The van der Waals surface area contributed by atoms with Gasteiger partial charge in [0.25, 0.3) is 0 Å². The third-order valence-corrected chi connectivity index (χ3v) is 5.32. The zero-order chi connectivity index (χ0) is 18.1. The van der Waals surface area contributed by atoms with Crippen molar-refractivity contribution >= 4 is 11.5 Å². The van der Waals surface area contributed by atoms with Crippen LogP contribution >= 0.6 is 0 Å². The van der Waals surface area contributed by atoms with Crippen molar-refractivity contribution < 1.29 is 4.74 Å². The van der Waals surface area contributed by atoms with Gasteiger partial charge >= 0.3 is 0 Å². The highest BCUT2D eigenvalue weighted by atomic mass is 16.5. The lowest BCUT2D eigenvalue weighted by Crippen LogP contribution is -2.30. The lowest BCUT2D eigenvalue weighted by Gasteiger charge is -2.34. The molecule has 0 atom stereocenters. The van der Waals surface area contributed by atoms with Crippen molar-refractivity contribution in [3.05, 3.63) is 51.7 Å². The van der Waals surface area contributed by atoms with Crippen molar-refractivity contribution in [2.45, 2.75) is 66.9 Å². The van der Waals surface area contributed by atoms with Gasteiger partial charge in [-0.2, -0.15) is 0 Å². The molecule has 0 amide bonds. The maximum Gasteiger partial charge on any atom is 0.141 e. The van der Waals surface area contributed by atoms with Crippen molar-refractivity contribution in [3.8, 4) is 0 Å².